The maximum Gasteiger partial charge on any atom is 0.254 e. The fourth-order valence-electron chi connectivity index (χ4n) is 3.26. The van der Waals surface area contributed by atoms with Crippen LogP contribution >= 0.6 is 0 Å². The van der Waals surface area contributed by atoms with Gasteiger partial charge in [0.2, 0.25) is 11.8 Å². The molecule has 1 N–H and O–H groups in total. The van der Waals surface area contributed by atoms with Gasteiger partial charge in [-0.15, -0.1) is 0 Å². The standard InChI is InChI=1S/C17H19F2N3O3/c1-9(2)14-17(25)22-4-3-21(8-13(22)15(23)20-14)16(24)10-5-11(18)7-12(19)6-10/h5-7,9,13-14H,3-4,8H2,1-2H3,(H,20,23)/t13-,14+/m1/s1. The lowest BCUT2D eigenvalue weighted by atomic mass is 9.96. The van der Waals surface area contributed by atoms with Gasteiger partial charge in [-0.05, 0) is 18.1 Å². The van der Waals surface area contributed by atoms with Gasteiger partial charge in [0.15, 0.2) is 0 Å². The number of halogens is 2. The predicted molar refractivity (Wildman–Crippen MR) is 84.5 cm³/mol. The minimum Gasteiger partial charge on any atom is -0.342 e. The van der Waals surface area contributed by atoms with Crippen LogP contribution in [0.1, 0.15) is 24.2 Å². The molecule has 1 aromatic rings. The van der Waals surface area contributed by atoms with E-state index in [0.717, 1.165) is 12.1 Å². The van der Waals surface area contributed by atoms with Crippen molar-refractivity contribution in [2.45, 2.75) is 25.9 Å². The van der Waals surface area contributed by atoms with E-state index < -0.39 is 29.6 Å². The quantitative estimate of drug-likeness (QED) is 0.856. The number of hydrogen-bond acceptors (Lipinski definition) is 3. The summed E-state index contributed by atoms with van der Waals surface area (Å²) in [5.41, 5.74) is -0.117. The van der Waals surface area contributed by atoms with Crippen molar-refractivity contribution in [3.8, 4) is 0 Å². The Morgan fingerprint density at radius 2 is 1.80 bits per heavy atom. The number of nitrogens with one attached hydrogen (secondary N) is 1. The summed E-state index contributed by atoms with van der Waals surface area (Å²) in [7, 11) is 0. The maximum absolute atomic E-state index is 13.3. The summed E-state index contributed by atoms with van der Waals surface area (Å²) >= 11 is 0. The molecule has 6 nitrogen and oxygen atoms in total. The predicted octanol–water partition coefficient (Wildman–Crippen LogP) is 0.772. The Bertz CT molecular complexity index is 718. The van der Waals surface area contributed by atoms with E-state index in [9.17, 15) is 23.2 Å². The molecule has 3 amide bonds. The number of amides is 3. The van der Waals surface area contributed by atoms with Crippen LogP contribution in [0.3, 0.4) is 0 Å². The van der Waals surface area contributed by atoms with Crippen molar-refractivity contribution in [1.29, 1.82) is 0 Å². The second kappa shape index (κ2) is 6.42. The SMILES string of the molecule is CC(C)[C@@H]1NC(=O)[C@H]2CN(C(=O)c3cc(F)cc(F)c3)CCN2C1=O. The van der Waals surface area contributed by atoms with Crippen LogP contribution < -0.4 is 5.32 Å². The first-order valence-electron chi connectivity index (χ1n) is 8.14. The van der Waals surface area contributed by atoms with Crippen molar-refractivity contribution in [3.63, 3.8) is 0 Å². The van der Waals surface area contributed by atoms with Gasteiger partial charge < -0.3 is 15.1 Å². The van der Waals surface area contributed by atoms with E-state index >= 15 is 0 Å². The topological polar surface area (TPSA) is 69.7 Å². The molecular formula is C17H19F2N3O3. The smallest absolute Gasteiger partial charge is 0.254 e. The van der Waals surface area contributed by atoms with E-state index in [0.29, 0.717) is 6.07 Å². The summed E-state index contributed by atoms with van der Waals surface area (Å²) in [6.45, 7) is 4.11. The third-order valence-electron chi connectivity index (χ3n) is 4.59. The number of carbonyl (C=O) groups excluding carboxylic acids is 3. The van der Waals surface area contributed by atoms with Crippen LogP contribution in [0.4, 0.5) is 8.78 Å². The van der Waals surface area contributed by atoms with Crippen LogP contribution in [0.15, 0.2) is 18.2 Å². The molecule has 0 aromatic heterocycles. The molecule has 2 saturated heterocycles. The number of piperazine rings is 2. The average Bonchev–Trinajstić information content (AvgIpc) is 2.55. The number of rotatable bonds is 2. The zero-order valence-corrected chi connectivity index (χ0v) is 14.0. The molecule has 134 valence electrons. The van der Waals surface area contributed by atoms with Gasteiger partial charge in [-0.3, -0.25) is 14.4 Å². The number of hydrogen-bond donors (Lipinski definition) is 1. The van der Waals surface area contributed by atoms with Crippen molar-refractivity contribution in [1.82, 2.24) is 15.1 Å². The fourth-order valence-corrected chi connectivity index (χ4v) is 3.26. The Morgan fingerprint density at radius 1 is 1.16 bits per heavy atom. The molecule has 0 unspecified atom stereocenters. The first-order chi connectivity index (χ1) is 11.8. The minimum absolute atomic E-state index is 0.000641. The first kappa shape index (κ1) is 17.3. The number of carbonyl (C=O) groups is 3. The van der Waals surface area contributed by atoms with E-state index in [4.69, 9.17) is 0 Å². The Morgan fingerprint density at radius 3 is 2.40 bits per heavy atom. The van der Waals surface area contributed by atoms with Gasteiger partial charge >= 0.3 is 0 Å². The monoisotopic (exact) mass is 351 g/mol. The lowest BCUT2D eigenvalue weighted by Crippen LogP contribution is -2.70. The van der Waals surface area contributed by atoms with Gasteiger partial charge in [0.1, 0.15) is 23.7 Å². The van der Waals surface area contributed by atoms with Crippen molar-refractivity contribution < 1.29 is 23.2 Å². The maximum atomic E-state index is 13.3. The van der Waals surface area contributed by atoms with Crippen LogP contribution in [0, 0.1) is 17.6 Å². The summed E-state index contributed by atoms with van der Waals surface area (Å²) in [4.78, 5) is 40.2. The number of nitrogens with zero attached hydrogens (tertiary/aromatic N) is 2. The Labute approximate surface area is 143 Å². The fraction of sp³-hybridized carbons (Fsp3) is 0.471. The minimum atomic E-state index is -0.840. The summed E-state index contributed by atoms with van der Waals surface area (Å²) in [6, 6.07) is 1.26. The van der Waals surface area contributed by atoms with Gasteiger partial charge in [-0.25, -0.2) is 8.78 Å². The lowest BCUT2D eigenvalue weighted by molar-refractivity contribution is -0.153. The zero-order valence-electron chi connectivity index (χ0n) is 14.0. The summed E-state index contributed by atoms with van der Waals surface area (Å²) in [5, 5.41) is 2.69. The van der Waals surface area contributed by atoms with Gasteiger partial charge in [-0.1, -0.05) is 13.8 Å². The van der Waals surface area contributed by atoms with E-state index in [2.05, 4.69) is 5.32 Å². The zero-order chi connectivity index (χ0) is 18.3. The van der Waals surface area contributed by atoms with Crippen LogP contribution in [0.2, 0.25) is 0 Å². The molecule has 2 fully saturated rings. The molecule has 2 aliphatic rings. The molecule has 0 radical (unpaired) electrons. The van der Waals surface area contributed by atoms with Crippen molar-refractivity contribution in [2.24, 2.45) is 5.92 Å². The second-order valence-electron chi connectivity index (χ2n) is 6.69. The van der Waals surface area contributed by atoms with E-state index in [-0.39, 0.29) is 42.9 Å². The van der Waals surface area contributed by atoms with Gasteiger partial charge in [0.05, 0.1) is 6.54 Å². The number of benzene rings is 1. The van der Waals surface area contributed by atoms with Crippen LogP contribution in [-0.2, 0) is 9.59 Å². The molecule has 0 bridgehead atoms. The molecule has 0 saturated carbocycles. The van der Waals surface area contributed by atoms with Crippen LogP contribution in [0.25, 0.3) is 0 Å². The Hall–Kier alpha value is -2.51. The highest BCUT2D eigenvalue weighted by Gasteiger charge is 2.45. The van der Waals surface area contributed by atoms with E-state index in [1.807, 2.05) is 13.8 Å². The first-order valence-corrected chi connectivity index (χ1v) is 8.14. The molecular weight excluding hydrogens is 332 g/mol. The third-order valence-corrected chi connectivity index (χ3v) is 4.59. The molecule has 1 aromatic carbocycles. The number of fused-ring (bicyclic) bond motifs is 1. The average molecular weight is 351 g/mol. The Balaban J connectivity index is 1.78. The highest BCUT2D eigenvalue weighted by Crippen LogP contribution is 2.21. The summed E-state index contributed by atoms with van der Waals surface area (Å²) in [6.07, 6.45) is 0. The van der Waals surface area contributed by atoms with Gasteiger partial charge in [-0.2, -0.15) is 0 Å². The summed E-state index contributed by atoms with van der Waals surface area (Å²) in [5.74, 6) is -2.76. The highest BCUT2D eigenvalue weighted by atomic mass is 19.1. The van der Waals surface area contributed by atoms with Crippen molar-refractivity contribution in [2.75, 3.05) is 19.6 Å². The third kappa shape index (κ3) is 3.20. The molecule has 8 heteroatoms. The molecule has 2 aliphatic heterocycles. The second-order valence-corrected chi connectivity index (χ2v) is 6.69. The lowest BCUT2D eigenvalue weighted by Gasteiger charge is -2.46. The molecule has 0 spiro atoms. The largest absolute Gasteiger partial charge is 0.342 e. The van der Waals surface area contributed by atoms with Crippen molar-refractivity contribution in [3.05, 3.63) is 35.4 Å². The van der Waals surface area contributed by atoms with Crippen molar-refractivity contribution >= 4 is 17.7 Å². The molecule has 0 aliphatic carbocycles. The van der Waals surface area contributed by atoms with E-state index in [1.54, 1.807) is 0 Å². The van der Waals surface area contributed by atoms with E-state index in [1.165, 1.54) is 9.80 Å². The molecule has 3 rings (SSSR count). The van der Waals surface area contributed by atoms with Crippen LogP contribution in [-0.4, -0.2) is 59.2 Å². The molecule has 2 atom stereocenters. The molecule has 25 heavy (non-hydrogen) atoms. The highest BCUT2D eigenvalue weighted by molar-refractivity contribution is 5.99. The Kier molecular flexibility index (Phi) is 4.45. The van der Waals surface area contributed by atoms with Gasteiger partial charge in [0.25, 0.3) is 5.91 Å². The van der Waals surface area contributed by atoms with Crippen LogP contribution in [0.5, 0.6) is 0 Å². The summed E-state index contributed by atoms with van der Waals surface area (Å²) < 4.78 is 26.7. The normalized spacial score (nSPS) is 23.6. The van der Waals surface area contributed by atoms with Gasteiger partial charge in [0, 0.05) is 24.7 Å². The molecule has 2 heterocycles.